The standard InChI is InChI=1S/C27H29F2N7O2/c1-16(38-17(2)37)27(34-25-22-13-33-35-26(22)32-15-31-25)36-12-11-30-23(14-36)24(18-3-7-20(28)8-4-18)19-5-9-21(29)10-6-19/h3-10,13,15-16,23-24,27,30H,11-12,14H2,1-2H3,(H2,31,32,33,34,35). The number of esters is 1. The topological polar surface area (TPSA) is 108 Å². The first kappa shape index (κ1) is 25.7. The molecule has 3 atom stereocenters. The normalized spacial score (nSPS) is 17.9. The van der Waals surface area contributed by atoms with E-state index < -0.39 is 12.3 Å². The number of nitrogens with one attached hydrogen (secondary N) is 3. The minimum absolute atomic E-state index is 0.104. The Morgan fingerprint density at radius 1 is 1.08 bits per heavy atom. The van der Waals surface area contributed by atoms with E-state index in [9.17, 15) is 13.6 Å². The van der Waals surface area contributed by atoms with Crippen LogP contribution < -0.4 is 10.6 Å². The number of piperazine rings is 1. The molecular formula is C27H29F2N7O2. The van der Waals surface area contributed by atoms with Crippen LogP contribution in [0.2, 0.25) is 0 Å². The molecule has 3 unspecified atom stereocenters. The Morgan fingerprint density at radius 3 is 2.37 bits per heavy atom. The molecule has 3 N–H and O–H groups in total. The van der Waals surface area contributed by atoms with Gasteiger partial charge in [0, 0.05) is 38.5 Å². The molecule has 0 radical (unpaired) electrons. The van der Waals surface area contributed by atoms with Crippen LogP contribution in [-0.4, -0.2) is 69.0 Å². The second-order valence-corrected chi connectivity index (χ2v) is 9.39. The fourth-order valence-electron chi connectivity index (χ4n) is 5.13. The van der Waals surface area contributed by atoms with Crippen molar-refractivity contribution >= 4 is 22.8 Å². The van der Waals surface area contributed by atoms with Crippen LogP contribution in [0.3, 0.4) is 0 Å². The molecule has 38 heavy (non-hydrogen) atoms. The number of carbonyl (C=O) groups is 1. The van der Waals surface area contributed by atoms with Gasteiger partial charge in [-0.25, -0.2) is 18.7 Å². The molecule has 0 amide bonds. The molecule has 9 nitrogen and oxygen atoms in total. The molecule has 0 aliphatic carbocycles. The number of rotatable bonds is 8. The molecule has 0 saturated carbocycles. The Balaban J connectivity index is 1.47. The van der Waals surface area contributed by atoms with E-state index in [1.165, 1.54) is 37.5 Å². The molecule has 5 rings (SSSR count). The highest BCUT2D eigenvalue weighted by Crippen LogP contribution is 2.31. The molecule has 0 spiro atoms. The number of carbonyl (C=O) groups excluding carboxylic acids is 1. The van der Waals surface area contributed by atoms with Gasteiger partial charge in [-0.2, -0.15) is 5.10 Å². The number of ether oxygens (including phenoxy) is 1. The lowest BCUT2D eigenvalue weighted by atomic mass is 9.84. The second-order valence-electron chi connectivity index (χ2n) is 9.39. The summed E-state index contributed by atoms with van der Waals surface area (Å²) in [5.74, 6) is -0.637. The van der Waals surface area contributed by atoms with Gasteiger partial charge in [-0.15, -0.1) is 0 Å². The molecule has 3 heterocycles. The minimum Gasteiger partial charge on any atom is -0.459 e. The Bertz CT molecular complexity index is 1330. The lowest BCUT2D eigenvalue weighted by molar-refractivity contribution is -0.148. The highest BCUT2D eigenvalue weighted by molar-refractivity contribution is 5.85. The molecule has 4 aromatic rings. The average molecular weight is 522 g/mol. The average Bonchev–Trinajstić information content (AvgIpc) is 3.39. The Labute approximate surface area is 218 Å². The van der Waals surface area contributed by atoms with Crippen LogP contribution in [0.1, 0.15) is 30.9 Å². The molecule has 1 fully saturated rings. The molecule has 2 aromatic heterocycles. The summed E-state index contributed by atoms with van der Waals surface area (Å²) in [7, 11) is 0. The number of hydrogen-bond donors (Lipinski definition) is 3. The van der Waals surface area contributed by atoms with Gasteiger partial charge in [0.2, 0.25) is 0 Å². The van der Waals surface area contributed by atoms with Crippen molar-refractivity contribution in [3.63, 3.8) is 0 Å². The number of benzene rings is 2. The number of anilines is 1. The maximum absolute atomic E-state index is 13.8. The van der Waals surface area contributed by atoms with Gasteiger partial charge >= 0.3 is 5.97 Å². The van der Waals surface area contributed by atoms with Gasteiger partial charge in [-0.05, 0) is 42.3 Å². The third kappa shape index (κ3) is 5.63. The number of nitrogens with zero attached hydrogens (tertiary/aromatic N) is 4. The zero-order valence-corrected chi connectivity index (χ0v) is 21.1. The number of hydrogen-bond acceptors (Lipinski definition) is 8. The predicted octanol–water partition coefficient (Wildman–Crippen LogP) is 3.43. The lowest BCUT2D eigenvalue weighted by Crippen LogP contribution is -2.60. The van der Waals surface area contributed by atoms with Crippen LogP contribution in [0.4, 0.5) is 14.6 Å². The lowest BCUT2D eigenvalue weighted by Gasteiger charge is -2.43. The van der Waals surface area contributed by atoms with Gasteiger partial charge in [0.25, 0.3) is 0 Å². The smallest absolute Gasteiger partial charge is 0.303 e. The first-order valence-corrected chi connectivity index (χ1v) is 12.4. The number of H-pyrrole nitrogens is 1. The van der Waals surface area contributed by atoms with Crippen molar-refractivity contribution in [2.24, 2.45) is 0 Å². The van der Waals surface area contributed by atoms with E-state index in [1.54, 1.807) is 30.5 Å². The van der Waals surface area contributed by atoms with Crippen molar-refractivity contribution < 1.29 is 18.3 Å². The van der Waals surface area contributed by atoms with Gasteiger partial charge in [0.1, 0.15) is 36.0 Å². The summed E-state index contributed by atoms with van der Waals surface area (Å²) in [5.41, 5.74) is 2.41. The van der Waals surface area contributed by atoms with Crippen LogP contribution in [0.25, 0.3) is 11.0 Å². The van der Waals surface area contributed by atoms with Gasteiger partial charge in [0.05, 0.1) is 11.6 Å². The van der Waals surface area contributed by atoms with Crippen molar-refractivity contribution in [2.45, 2.75) is 38.1 Å². The van der Waals surface area contributed by atoms with Crippen LogP contribution in [0.15, 0.2) is 61.1 Å². The number of fused-ring (bicyclic) bond motifs is 1. The predicted molar refractivity (Wildman–Crippen MR) is 138 cm³/mol. The van der Waals surface area contributed by atoms with Crippen molar-refractivity contribution in [2.75, 3.05) is 25.0 Å². The van der Waals surface area contributed by atoms with Crippen LogP contribution >= 0.6 is 0 Å². The van der Waals surface area contributed by atoms with E-state index in [1.807, 2.05) is 6.92 Å². The van der Waals surface area contributed by atoms with Crippen molar-refractivity contribution in [1.29, 1.82) is 0 Å². The molecule has 0 bridgehead atoms. The highest BCUT2D eigenvalue weighted by atomic mass is 19.1. The van der Waals surface area contributed by atoms with Crippen molar-refractivity contribution in [1.82, 2.24) is 30.4 Å². The molecule has 1 aliphatic rings. The molecule has 1 saturated heterocycles. The minimum atomic E-state index is -0.516. The van der Waals surface area contributed by atoms with Gasteiger partial charge < -0.3 is 15.4 Å². The Morgan fingerprint density at radius 2 is 1.74 bits per heavy atom. The maximum Gasteiger partial charge on any atom is 0.303 e. The van der Waals surface area contributed by atoms with E-state index >= 15 is 0 Å². The monoisotopic (exact) mass is 521 g/mol. The fourth-order valence-corrected chi connectivity index (χ4v) is 5.13. The summed E-state index contributed by atoms with van der Waals surface area (Å²) in [6, 6.07) is 12.7. The molecule has 1 aliphatic heterocycles. The first-order chi connectivity index (χ1) is 18.4. The Kier molecular flexibility index (Phi) is 7.57. The summed E-state index contributed by atoms with van der Waals surface area (Å²) < 4.78 is 33.1. The fraction of sp³-hybridized carbons (Fsp3) is 0.333. The van der Waals surface area contributed by atoms with Crippen LogP contribution in [0, 0.1) is 11.6 Å². The number of halogens is 2. The highest BCUT2D eigenvalue weighted by Gasteiger charge is 2.35. The van der Waals surface area contributed by atoms with Gasteiger partial charge in [-0.1, -0.05) is 24.3 Å². The van der Waals surface area contributed by atoms with E-state index in [0.29, 0.717) is 31.1 Å². The summed E-state index contributed by atoms with van der Waals surface area (Å²) >= 11 is 0. The molecular weight excluding hydrogens is 492 g/mol. The van der Waals surface area contributed by atoms with E-state index in [-0.39, 0.29) is 29.6 Å². The maximum atomic E-state index is 13.8. The zero-order chi connectivity index (χ0) is 26.6. The molecule has 2 aromatic carbocycles. The Hall–Kier alpha value is -3.96. The largest absolute Gasteiger partial charge is 0.459 e. The quantitative estimate of drug-likeness (QED) is 0.303. The summed E-state index contributed by atoms with van der Waals surface area (Å²) in [4.78, 5) is 22.7. The first-order valence-electron chi connectivity index (χ1n) is 12.4. The van der Waals surface area contributed by atoms with Gasteiger partial charge in [0.15, 0.2) is 5.65 Å². The SMILES string of the molecule is CC(=O)OC(C)C(Nc1ncnc2[nH]ncc12)N1CCNC(C(c2ccc(F)cc2)c2ccc(F)cc2)C1. The third-order valence-electron chi connectivity index (χ3n) is 6.82. The van der Waals surface area contributed by atoms with Crippen LogP contribution in [0.5, 0.6) is 0 Å². The van der Waals surface area contributed by atoms with Crippen molar-refractivity contribution in [3.8, 4) is 0 Å². The third-order valence-corrected chi connectivity index (χ3v) is 6.82. The van der Waals surface area contributed by atoms with E-state index in [2.05, 4.69) is 35.7 Å². The zero-order valence-electron chi connectivity index (χ0n) is 21.1. The van der Waals surface area contributed by atoms with Gasteiger partial charge in [-0.3, -0.25) is 14.8 Å². The second kappa shape index (κ2) is 11.2. The molecule has 11 heteroatoms. The number of aromatic nitrogens is 4. The van der Waals surface area contributed by atoms with Crippen LogP contribution in [-0.2, 0) is 9.53 Å². The molecule has 198 valence electrons. The number of aromatic amines is 1. The summed E-state index contributed by atoms with van der Waals surface area (Å²) in [6.07, 6.45) is 2.15. The summed E-state index contributed by atoms with van der Waals surface area (Å²) in [6.45, 7) is 5.09. The van der Waals surface area contributed by atoms with Crippen molar-refractivity contribution in [3.05, 3.63) is 83.8 Å². The van der Waals surface area contributed by atoms with E-state index in [0.717, 1.165) is 16.5 Å². The van der Waals surface area contributed by atoms with E-state index in [4.69, 9.17) is 4.74 Å². The summed E-state index contributed by atoms with van der Waals surface area (Å²) in [5, 5.41) is 14.7.